The van der Waals surface area contributed by atoms with Crippen molar-refractivity contribution in [3.63, 3.8) is 0 Å². The maximum atomic E-state index is 5.86. The molecule has 0 radical (unpaired) electrons. The number of benzene rings is 2. The SMILES string of the molecule is Cc1nc2ccc(Oc3ccccc3)cc2cc1CCN. The number of rotatable bonds is 4. The summed E-state index contributed by atoms with van der Waals surface area (Å²) in [5.41, 5.74) is 8.88. The Hall–Kier alpha value is -2.39. The molecule has 1 aromatic heterocycles. The average Bonchev–Trinajstić information content (AvgIpc) is 2.50. The summed E-state index contributed by atoms with van der Waals surface area (Å²) in [5.74, 6) is 1.65. The van der Waals surface area contributed by atoms with Crippen molar-refractivity contribution < 1.29 is 4.74 Å². The number of aromatic nitrogens is 1. The average molecular weight is 278 g/mol. The number of fused-ring (bicyclic) bond motifs is 1. The van der Waals surface area contributed by atoms with Crippen molar-refractivity contribution in [2.75, 3.05) is 6.54 Å². The molecular formula is C18H18N2O. The molecule has 0 fully saturated rings. The molecule has 3 nitrogen and oxygen atoms in total. The van der Waals surface area contributed by atoms with Crippen LogP contribution in [-0.2, 0) is 6.42 Å². The molecule has 0 aliphatic rings. The van der Waals surface area contributed by atoms with E-state index in [-0.39, 0.29) is 0 Å². The fourth-order valence-electron chi connectivity index (χ4n) is 2.39. The fraction of sp³-hybridized carbons (Fsp3) is 0.167. The van der Waals surface area contributed by atoms with E-state index in [1.807, 2.05) is 55.5 Å². The summed E-state index contributed by atoms with van der Waals surface area (Å²) in [4.78, 5) is 4.63. The van der Waals surface area contributed by atoms with Crippen molar-refractivity contribution in [2.45, 2.75) is 13.3 Å². The van der Waals surface area contributed by atoms with Crippen LogP contribution in [0, 0.1) is 6.92 Å². The van der Waals surface area contributed by atoms with Crippen molar-refractivity contribution >= 4 is 10.9 Å². The third-order valence-electron chi connectivity index (χ3n) is 3.47. The molecule has 0 amide bonds. The smallest absolute Gasteiger partial charge is 0.128 e. The van der Waals surface area contributed by atoms with E-state index in [1.165, 1.54) is 5.56 Å². The van der Waals surface area contributed by atoms with E-state index in [0.717, 1.165) is 34.5 Å². The summed E-state index contributed by atoms with van der Waals surface area (Å²) in [7, 11) is 0. The summed E-state index contributed by atoms with van der Waals surface area (Å²) in [6, 6.07) is 17.9. The summed E-state index contributed by atoms with van der Waals surface area (Å²) < 4.78 is 5.86. The lowest BCUT2D eigenvalue weighted by atomic mass is 10.1. The number of para-hydroxylation sites is 1. The molecule has 3 heteroatoms. The van der Waals surface area contributed by atoms with Gasteiger partial charge in [0.15, 0.2) is 0 Å². The first-order valence-corrected chi connectivity index (χ1v) is 7.09. The van der Waals surface area contributed by atoms with E-state index in [9.17, 15) is 0 Å². The van der Waals surface area contributed by atoms with Gasteiger partial charge in [-0.15, -0.1) is 0 Å². The maximum Gasteiger partial charge on any atom is 0.128 e. The van der Waals surface area contributed by atoms with Crippen LogP contribution in [0.25, 0.3) is 10.9 Å². The zero-order chi connectivity index (χ0) is 14.7. The zero-order valence-corrected chi connectivity index (χ0v) is 12.0. The molecule has 0 bridgehead atoms. The first-order chi connectivity index (χ1) is 10.3. The number of nitrogens with two attached hydrogens (primary N) is 1. The third-order valence-corrected chi connectivity index (χ3v) is 3.47. The van der Waals surface area contributed by atoms with Crippen LogP contribution in [0.3, 0.4) is 0 Å². The largest absolute Gasteiger partial charge is 0.457 e. The van der Waals surface area contributed by atoms with E-state index in [4.69, 9.17) is 10.5 Å². The molecule has 0 saturated carbocycles. The van der Waals surface area contributed by atoms with Crippen molar-refractivity contribution in [1.29, 1.82) is 0 Å². The van der Waals surface area contributed by atoms with Crippen molar-refractivity contribution in [2.24, 2.45) is 5.73 Å². The van der Waals surface area contributed by atoms with Crippen molar-refractivity contribution in [3.05, 3.63) is 65.9 Å². The minimum atomic E-state index is 0.633. The van der Waals surface area contributed by atoms with Gasteiger partial charge >= 0.3 is 0 Å². The Morgan fingerprint density at radius 2 is 1.81 bits per heavy atom. The molecule has 0 spiro atoms. The van der Waals surface area contributed by atoms with E-state index in [1.54, 1.807) is 0 Å². The lowest BCUT2D eigenvalue weighted by Crippen LogP contribution is -2.05. The predicted octanol–water partition coefficient (Wildman–Crippen LogP) is 3.84. The van der Waals surface area contributed by atoms with Crippen LogP contribution in [0.1, 0.15) is 11.3 Å². The lowest BCUT2D eigenvalue weighted by molar-refractivity contribution is 0.483. The molecule has 0 aliphatic carbocycles. The Balaban J connectivity index is 1.97. The number of hydrogen-bond acceptors (Lipinski definition) is 3. The molecular weight excluding hydrogens is 260 g/mol. The van der Waals surface area contributed by atoms with Crippen LogP contribution in [0.2, 0.25) is 0 Å². The Labute approximate surface area is 124 Å². The molecule has 2 N–H and O–H groups in total. The lowest BCUT2D eigenvalue weighted by Gasteiger charge is -2.09. The molecule has 0 unspecified atom stereocenters. The zero-order valence-electron chi connectivity index (χ0n) is 12.0. The van der Waals surface area contributed by atoms with E-state index in [0.29, 0.717) is 6.54 Å². The summed E-state index contributed by atoms with van der Waals surface area (Å²) >= 11 is 0. The quantitative estimate of drug-likeness (QED) is 0.789. The van der Waals surface area contributed by atoms with Crippen LogP contribution in [0.5, 0.6) is 11.5 Å². The van der Waals surface area contributed by atoms with Gasteiger partial charge in [0, 0.05) is 11.1 Å². The van der Waals surface area contributed by atoms with Crippen LogP contribution >= 0.6 is 0 Å². The second-order valence-corrected chi connectivity index (χ2v) is 5.04. The van der Waals surface area contributed by atoms with Gasteiger partial charge in [-0.3, -0.25) is 4.98 Å². The number of pyridine rings is 1. The van der Waals surface area contributed by atoms with Gasteiger partial charge < -0.3 is 10.5 Å². The first kappa shape index (κ1) is 13.6. The van der Waals surface area contributed by atoms with Gasteiger partial charge in [-0.1, -0.05) is 18.2 Å². The monoisotopic (exact) mass is 278 g/mol. The normalized spacial score (nSPS) is 10.8. The molecule has 3 rings (SSSR count). The van der Waals surface area contributed by atoms with Crippen molar-refractivity contribution in [1.82, 2.24) is 4.98 Å². The van der Waals surface area contributed by atoms with E-state index >= 15 is 0 Å². The molecule has 2 aromatic carbocycles. The third kappa shape index (κ3) is 3.03. The molecule has 0 saturated heterocycles. The highest BCUT2D eigenvalue weighted by Crippen LogP contribution is 2.26. The second-order valence-electron chi connectivity index (χ2n) is 5.04. The number of aryl methyl sites for hydroxylation is 1. The van der Waals surface area contributed by atoms with Gasteiger partial charge in [-0.05, 0) is 61.9 Å². The van der Waals surface area contributed by atoms with Gasteiger partial charge in [0.1, 0.15) is 11.5 Å². The van der Waals surface area contributed by atoms with Gasteiger partial charge in [-0.25, -0.2) is 0 Å². The van der Waals surface area contributed by atoms with Crippen LogP contribution < -0.4 is 10.5 Å². The number of hydrogen-bond donors (Lipinski definition) is 1. The number of nitrogens with zero attached hydrogens (tertiary/aromatic N) is 1. The van der Waals surface area contributed by atoms with Gasteiger partial charge in [0.05, 0.1) is 5.52 Å². The maximum absolute atomic E-state index is 5.86. The Bertz CT molecular complexity index is 754. The van der Waals surface area contributed by atoms with E-state index in [2.05, 4.69) is 11.1 Å². The van der Waals surface area contributed by atoms with Crippen LogP contribution in [0.4, 0.5) is 0 Å². The minimum absolute atomic E-state index is 0.633. The first-order valence-electron chi connectivity index (χ1n) is 7.09. The highest BCUT2D eigenvalue weighted by molar-refractivity contribution is 5.81. The van der Waals surface area contributed by atoms with Crippen molar-refractivity contribution in [3.8, 4) is 11.5 Å². The fourth-order valence-corrected chi connectivity index (χ4v) is 2.39. The summed E-state index contributed by atoms with van der Waals surface area (Å²) in [5, 5.41) is 1.08. The second kappa shape index (κ2) is 5.94. The molecule has 0 atom stereocenters. The Morgan fingerprint density at radius 3 is 2.57 bits per heavy atom. The Kier molecular flexibility index (Phi) is 3.84. The molecule has 106 valence electrons. The number of ether oxygens (including phenoxy) is 1. The predicted molar refractivity (Wildman–Crippen MR) is 85.8 cm³/mol. The summed E-state index contributed by atoms with van der Waals surface area (Å²) in [6.45, 7) is 2.66. The molecule has 0 aliphatic heterocycles. The highest BCUT2D eigenvalue weighted by atomic mass is 16.5. The van der Waals surface area contributed by atoms with E-state index < -0.39 is 0 Å². The van der Waals surface area contributed by atoms with Crippen LogP contribution in [-0.4, -0.2) is 11.5 Å². The Morgan fingerprint density at radius 1 is 1.00 bits per heavy atom. The highest BCUT2D eigenvalue weighted by Gasteiger charge is 2.05. The van der Waals surface area contributed by atoms with Gasteiger partial charge in [-0.2, -0.15) is 0 Å². The minimum Gasteiger partial charge on any atom is -0.457 e. The topological polar surface area (TPSA) is 48.1 Å². The molecule has 1 heterocycles. The van der Waals surface area contributed by atoms with Gasteiger partial charge in [0.2, 0.25) is 0 Å². The standard InChI is InChI=1S/C18H18N2O/c1-13-14(9-10-19)11-15-12-17(7-8-18(15)20-13)21-16-5-3-2-4-6-16/h2-8,11-12H,9-10,19H2,1H3. The van der Waals surface area contributed by atoms with Gasteiger partial charge in [0.25, 0.3) is 0 Å². The van der Waals surface area contributed by atoms with Crippen LogP contribution in [0.15, 0.2) is 54.6 Å². The molecule has 21 heavy (non-hydrogen) atoms. The molecule has 3 aromatic rings. The summed E-state index contributed by atoms with van der Waals surface area (Å²) in [6.07, 6.45) is 0.846.